The second-order valence-electron chi connectivity index (χ2n) is 5.47. The molecule has 0 spiro atoms. The third-order valence-electron chi connectivity index (χ3n) is 4.05. The highest BCUT2D eigenvalue weighted by atomic mass is 16.1. The van der Waals surface area contributed by atoms with Gasteiger partial charge in [-0.2, -0.15) is 0 Å². The molecule has 0 heterocycles. The van der Waals surface area contributed by atoms with Gasteiger partial charge >= 0.3 is 0 Å². The van der Waals surface area contributed by atoms with Gasteiger partial charge in [0.05, 0.1) is 11.4 Å². The highest BCUT2D eigenvalue weighted by Crippen LogP contribution is 2.31. The standard InChI is InChI=1S/C16H25N3O/c1-3-18-16(20)13-8-9-15(14(17)10-13)19(4-2)11-12-6-5-7-12/h8-10,12H,3-7,11,17H2,1-2H3,(H,18,20). The van der Waals surface area contributed by atoms with Gasteiger partial charge in [-0.15, -0.1) is 0 Å². The minimum Gasteiger partial charge on any atom is -0.397 e. The SMILES string of the molecule is CCNC(=O)c1ccc(N(CC)CC2CCC2)c(N)c1. The molecule has 2 rings (SSSR count). The molecule has 0 saturated heterocycles. The molecule has 1 fully saturated rings. The van der Waals surface area contributed by atoms with Crippen molar-refractivity contribution in [1.29, 1.82) is 0 Å². The molecule has 1 aliphatic rings. The first kappa shape index (κ1) is 14.7. The summed E-state index contributed by atoms with van der Waals surface area (Å²) in [4.78, 5) is 14.1. The van der Waals surface area contributed by atoms with E-state index in [0.29, 0.717) is 17.8 Å². The lowest BCUT2D eigenvalue weighted by molar-refractivity contribution is 0.0956. The second kappa shape index (κ2) is 6.64. The van der Waals surface area contributed by atoms with Crippen molar-refractivity contribution in [1.82, 2.24) is 5.32 Å². The Bertz CT molecular complexity index is 469. The van der Waals surface area contributed by atoms with Crippen LogP contribution in [0.25, 0.3) is 0 Å². The van der Waals surface area contributed by atoms with Gasteiger partial charge in [0.1, 0.15) is 0 Å². The Hall–Kier alpha value is -1.71. The van der Waals surface area contributed by atoms with E-state index in [0.717, 1.165) is 24.7 Å². The summed E-state index contributed by atoms with van der Waals surface area (Å²) >= 11 is 0. The van der Waals surface area contributed by atoms with Gasteiger partial charge in [0.2, 0.25) is 0 Å². The number of nitrogens with zero attached hydrogens (tertiary/aromatic N) is 1. The first-order valence-electron chi connectivity index (χ1n) is 7.58. The van der Waals surface area contributed by atoms with Crippen LogP contribution < -0.4 is 16.0 Å². The Kier molecular flexibility index (Phi) is 4.88. The fourth-order valence-electron chi connectivity index (χ4n) is 2.63. The number of amides is 1. The van der Waals surface area contributed by atoms with E-state index in [1.54, 1.807) is 6.07 Å². The van der Waals surface area contributed by atoms with Crippen molar-refractivity contribution in [3.05, 3.63) is 23.8 Å². The molecule has 4 heteroatoms. The van der Waals surface area contributed by atoms with Gasteiger partial charge < -0.3 is 16.0 Å². The van der Waals surface area contributed by atoms with E-state index < -0.39 is 0 Å². The highest BCUT2D eigenvalue weighted by Gasteiger charge is 2.21. The maximum atomic E-state index is 11.8. The van der Waals surface area contributed by atoms with Crippen LogP contribution in [-0.4, -0.2) is 25.5 Å². The first-order chi connectivity index (χ1) is 9.65. The maximum absolute atomic E-state index is 11.8. The molecule has 1 aromatic carbocycles. The molecular formula is C16H25N3O. The summed E-state index contributed by atoms with van der Waals surface area (Å²) in [5.41, 5.74) is 8.52. The van der Waals surface area contributed by atoms with Crippen LogP contribution in [0, 0.1) is 5.92 Å². The molecule has 0 aliphatic heterocycles. The smallest absolute Gasteiger partial charge is 0.251 e. The summed E-state index contributed by atoms with van der Waals surface area (Å²) in [5.74, 6) is 0.741. The third kappa shape index (κ3) is 3.24. The first-order valence-corrected chi connectivity index (χ1v) is 7.58. The zero-order chi connectivity index (χ0) is 14.5. The Morgan fingerprint density at radius 2 is 2.15 bits per heavy atom. The maximum Gasteiger partial charge on any atom is 0.251 e. The van der Waals surface area contributed by atoms with E-state index in [1.165, 1.54) is 19.3 Å². The van der Waals surface area contributed by atoms with Crippen LogP contribution in [0.3, 0.4) is 0 Å². The predicted molar refractivity (Wildman–Crippen MR) is 84.1 cm³/mol. The molecular weight excluding hydrogens is 250 g/mol. The summed E-state index contributed by atoms with van der Waals surface area (Å²) in [6, 6.07) is 5.62. The molecule has 1 aliphatic carbocycles. The Labute approximate surface area is 121 Å². The molecule has 1 saturated carbocycles. The van der Waals surface area contributed by atoms with Crippen molar-refractivity contribution < 1.29 is 4.79 Å². The van der Waals surface area contributed by atoms with Crippen LogP contribution >= 0.6 is 0 Å². The molecule has 4 nitrogen and oxygen atoms in total. The topological polar surface area (TPSA) is 58.4 Å². The summed E-state index contributed by atoms with van der Waals surface area (Å²) in [5, 5.41) is 2.79. The number of carbonyl (C=O) groups is 1. The minimum absolute atomic E-state index is 0.0622. The molecule has 1 aromatic rings. The second-order valence-corrected chi connectivity index (χ2v) is 5.47. The number of nitrogens with two attached hydrogens (primary N) is 1. The Morgan fingerprint density at radius 3 is 2.65 bits per heavy atom. The predicted octanol–water partition coefficient (Wildman–Crippen LogP) is 2.64. The van der Waals surface area contributed by atoms with E-state index in [4.69, 9.17) is 5.73 Å². The summed E-state index contributed by atoms with van der Waals surface area (Å²) in [7, 11) is 0. The van der Waals surface area contributed by atoms with Crippen LogP contribution in [0.1, 0.15) is 43.5 Å². The van der Waals surface area contributed by atoms with Crippen LogP contribution in [0.2, 0.25) is 0 Å². The third-order valence-corrected chi connectivity index (χ3v) is 4.05. The molecule has 0 bridgehead atoms. The Morgan fingerprint density at radius 1 is 1.40 bits per heavy atom. The molecule has 0 radical (unpaired) electrons. The van der Waals surface area contributed by atoms with Crippen molar-refractivity contribution in [2.24, 2.45) is 5.92 Å². The van der Waals surface area contributed by atoms with Gasteiger partial charge in [-0.05, 0) is 50.8 Å². The molecule has 1 amide bonds. The van der Waals surface area contributed by atoms with Gasteiger partial charge in [-0.1, -0.05) is 6.42 Å². The zero-order valence-corrected chi connectivity index (χ0v) is 12.5. The summed E-state index contributed by atoms with van der Waals surface area (Å²) < 4.78 is 0. The number of anilines is 2. The summed E-state index contributed by atoms with van der Waals surface area (Å²) in [6.07, 6.45) is 4.01. The van der Waals surface area contributed by atoms with E-state index in [1.807, 2.05) is 19.1 Å². The van der Waals surface area contributed by atoms with Gasteiger partial charge in [-0.25, -0.2) is 0 Å². The van der Waals surface area contributed by atoms with Gasteiger partial charge in [0.25, 0.3) is 5.91 Å². The van der Waals surface area contributed by atoms with Crippen molar-refractivity contribution in [3.63, 3.8) is 0 Å². The zero-order valence-electron chi connectivity index (χ0n) is 12.5. The summed E-state index contributed by atoms with van der Waals surface area (Å²) in [6.45, 7) is 6.70. The minimum atomic E-state index is -0.0622. The van der Waals surface area contributed by atoms with E-state index in [2.05, 4.69) is 17.1 Å². The Balaban J connectivity index is 2.12. The van der Waals surface area contributed by atoms with Crippen molar-refractivity contribution in [2.75, 3.05) is 30.3 Å². The number of benzene rings is 1. The van der Waals surface area contributed by atoms with E-state index in [-0.39, 0.29) is 5.91 Å². The quantitative estimate of drug-likeness (QED) is 0.785. The number of carbonyl (C=O) groups excluding carboxylic acids is 1. The van der Waals surface area contributed by atoms with Crippen molar-refractivity contribution in [3.8, 4) is 0 Å². The van der Waals surface area contributed by atoms with Gasteiger partial charge in [0, 0.05) is 25.2 Å². The molecule has 3 N–H and O–H groups in total. The fraction of sp³-hybridized carbons (Fsp3) is 0.562. The number of rotatable bonds is 6. The monoisotopic (exact) mass is 275 g/mol. The number of nitrogens with one attached hydrogen (secondary N) is 1. The lowest BCUT2D eigenvalue weighted by atomic mass is 9.85. The molecule has 20 heavy (non-hydrogen) atoms. The van der Waals surface area contributed by atoms with E-state index in [9.17, 15) is 4.79 Å². The normalized spacial score (nSPS) is 14.7. The number of hydrogen-bond donors (Lipinski definition) is 2. The largest absolute Gasteiger partial charge is 0.397 e. The lowest BCUT2D eigenvalue weighted by Gasteiger charge is -2.33. The molecule has 110 valence electrons. The highest BCUT2D eigenvalue weighted by molar-refractivity contribution is 5.96. The van der Waals surface area contributed by atoms with Crippen molar-refractivity contribution in [2.45, 2.75) is 33.1 Å². The fourth-order valence-corrected chi connectivity index (χ4v) is 2.63. The van der Waals surface area contributed by atoms with Gasteiger partial charge in [-0.3, -0.25) is 4.79 Å². The number of nitrogen functional groups attached to an aromatic ring is 1. The molecule has 0 aromatic heterocycles. The van der Waals surface area contributed by atoms with Crippen LogP contribution in [0.4, 0.5) is 11.4 Å². The van der Waals surface area contributed by atoms with Crippen LogP contribution in [0.15, 0.2) is 18.2 Å². The lowest BCUT2D eigenvalue weighted by Crippen LogP contribution is -2.33. The number of hydrogen-bond acceptors (Lipinski definition) is 3. The van der Waals surface area contributed by atoms with Gasteiger partial charge in [0.15, 0.2) is 0 Å². The van der Waals surface area contributed by atoms with Crippen molar-refractivity contribution >= 4 is 17.3 Å². The van der Waals surface area contributed by atoms with Crippen LogP contribution in [0.5, 0.6) is 0 Å². The average molecular weight is 275 g/mol. The van der Waals surface area contributed by atoms with E-state index >= 15 is 0 Å². The molecule has 0 unspecified atom stereocenters. The average Bonchev–Trinajstić information content (AvgIpc) is 2.39. The molecule has 0 atom stereocenters. The van der Waals surface area contributed by atoms with Crippen LogP contribution in [-0.2, 0) is 0 Å².